The van der Waals surface area contributed by atoms with Gasteiger partial charge in [-0.05, 0) is 133 Å². The molecule has 2 aliphatic rings. The molecule has 88 heavy (non-hydrogen) atoms. The van der Waals surface area contributed by atoms with Gasteiger partial charge in [0.1, 0.15) is 16.4 Å². The number of aromatic amines is 6. The third kappa shape index (κ3) is 6.66. The summed E-state index contributed by atoms with van der Waals surface area (Å²) in [6.45, 7) is 38.1. The lowest BCUT2D eigenvalue weighted by molar-refractivity contribution is 0.877. The second kappa shape index (κ2) is 18.4. The summed E-state index contributed by atoms with van der Waals surface area (Å²) in [6.07, 6.45) is 0. The summed E-state index contributed by atoms with van der Waals surface area (Å²) in [6, 6.07) is 36.9. The van der Waals surface area contributed by atoms with Crippen molar-refractivity contribution in [3.8, 4) is 0 Å². The van der Waals surface area contributed by atoms with Gasteiger partial charge in [0.05, 0.1) is 77.2 Å². The first-order valence-electron chi connectivity index (χ1n) is 32.8. The van der Waals surface area contributed by atoms with Crippen LogP contribution in [-0.4, -0.2) is 34.9 Å². The summed E-state index contributed by atoms with van der Waals surface area (Å²) in [7, 11) is 0. The number of hydrogen-bond acceptors (Lipinski definition) is 2. The molecule has 438 valence electrons. The Balaban J connectivity index is 1.21. The number of fused-ring (bicyclic) bond motifs is 24. The minimum atomic E-state index is 0.153. The molecular weight excluding hydrogens is 1070 g/mol. The lowest BCUT2D eigenvalue weighted by atomic mass is 9.89. The van der Waals surface area contributed by atoms with Crippen LogP contribution >= 0.6 is 0 Å². The Labute approximate surface area is 511 Å². The molecule has 0 unspecified atom stereocenters. The summed E-state index contributed by atoms with van der Waals surface area (Å²) in [4.78, 5) is 32.2. The monoisotopic (exact) mass is 1150 g/mol. The lowest BCUT2D eigenvalue weighted by Gasteiger charge is -2.12. The Morgan fingerprint density at radius 1 is 0.273 bits per heavy atom. The third-order valence-electron chi connectivity index (χ3n) is 20.7. The van der Waals surface area contributed by atoms with Crippen molar-refractivity contribution < 1.29 is 0 Å². The zero-order chi connectivity index (χ0) is 60.7. The average molecular weight is 1150 g/mol. The van der Waals surface area contributed by atoms with E-state index in [0.29, 0.717) is 0 Å². The zero-order valence-corrected chi connectivity index (χ0v) is 53.8. The Kier molecular flexibility index (Phi) is 11.1. The number of nitrogens with zero attached hydrogens (tertiary/aromatic N) is 1. The van der Waals surface area contributed by atoms with Crippen LogP contribution in [0.15, 0.2) is 97.1 Å². The number of hydrogen-bond donors (Lipinski definition) is 7. The molecule has 9 heterocycles. The van der Waals surface area contributed by atoms with Crippen molar-refractivity contribution in [2.75, 3.05) is 5.32 Å². The number of nitrogens with one attached hydrogen (secondary N) is 7. The second-order valence-electron chi connectivity index (χ2n) is 28.7. The van der Waals surface area contributed by atoms with Crippen LogP contribution in [0.25, 0.3) is 163 Å². The van der Waals surface area contributed by atoms with Crippen LogP contribution < -0.4 is 5.32 Å². The third-order valence-corrected chi connectivity index (χ3v) is 20.7. The Bertz CT molecular complexity index is 5860. The van der Waals surface area contributed by atoms with E-state index in [1.165, 1.54) is 131 Å². The highest BCUT2D eigenvalue weighted by Crippen LogP contribution is 2.56. The number of rotatable bonds is 8. The normalized spacial score (nSPS) is 13.5. The molecule has 0 atom stereocenters. The molecule has 7 aromatic heterocycles. The summed E-state index contributed by atoms with van der Waals surface area (Å²) in [5.74, 6) is 1.38. The fourth-order valence-electron chi connectivity index (χ4n) is 17.6. The highest BCUT2D eigenvalue weighted by Gasteiger charge is 2.38. The lowest BCUT2D eigenvalue weighted by Crippen LogP contribution is -1.94. The van der Waals surface area contributed by atoms with Gasteiger partial charge in [-0.15, -0.1) is 0 Å². The van der Waals surface area contributed by atoms with Gasteiger partial charge in [-0.3, -0.25) is 5.32 Å². The predicted octanol–water partition coefficient (Wildman–Crippen LogP) is 24.2. The minimum absolute atomic E-state index is 0.153. The highest BCUT2D eigenvalue weighted by atomic mass is 15.0. The van der Waals surface area contributed by atoms with Gasteiger partial charge in [0.15, 0.2) is 11.4 Å². The SMILES string of the molecule is CC(C)c1c2nc3c4c(c5ccccc5c13)[c+](C(C)C)c(c1[nH]c3c5[nH]c(c(C(C)C)c5c5ccccc5c3c1C(C)C)c1[nH]c3c5[nH]c(c(C(C)C)c5c5ccccc5c3c1C(C)C)c1[nH]c3c5[nH]c2c(C(C)C)c5c2ccccc2c3c1C(C)C)N4. The van der Waals surface area contributed by atoms with Gasteiger partial charge in [-0.1, -0.05) is 182 Å². The van der Waals surface area contributed by atoms with Gasteiger partial charge < -0.3 is 29.9 Å². The topological polar surface area (TPSA) is 120 Å². The first kappa shape index (κ1) is 53.4. The van der Waals surface area contributed by atoms with Gasteiger partial charge in [-0.25, -0.2) is 4.98 Å². The number of benzene rings is 8. The maximum absolute atomic E-state index is 6.12. The van der Waals surface area contributed by atoms with Gasteiger partial charge >= 0.3 is 0 Å². The molecule has 17 rings (SSSR count). The molecule has 0 saturated carbocycles. The van der Waals surface area contributed by atoms with Crippen molar-refractivity contribution in [1.82, 2.24) is 34.9 Å². The maximum Gasteiger partial charge on any atom is 0.161 e. The van der Waals surface area contributed by atoms with Crippen LogP contribution in [-0.2, 0) is 0 Å². The van der Waals surface area contributed by atoms with E-state index in [0.717, 1.165) is 88.6 Å². The van der Waals surface area contributed by atoms with Crippen LogP contribution in [0.3, 0.4) is 0 Å². The number of aromatic nitrogens is 7. The average Bonchev–Trinajstić information content (AvgIpc) is 1.55. The van der Waals surface area contributed by atoms with Crippen LogP contribution in [0, 0.1) is 0 Å². The van der Waals surface area contributed by atoms with Crippen molar-refractivity contribution >= 4 is 175 Å². The van der Waals surface area contributed by atoms with E-state index in [1.807, 2.05) is 0 Å². The van der Waals surface area contributed by atoms with Crippen LogP contribution in [0.4, 0.5) is 11.4 Å². The fraction of sp³-hybridized carbons (Fsp3) is 0.300. The predicted molar refractivity (Wildman–Crippen MR) is 382 cm³/mol. The smallest absolute Gasteiger partial charge is 0.161 e. The Hall–Kier alpha value is -8.88. The Morgan fingerprint density at radius 3 is 0.841 bits per heavy atom. The molecule has 15 aromatic rings. The molecule has 16 bridgehead atoms. The summed E-state index contributed by atoms with van der Waals surface area (Å²) >= 11 is 0. The second-order valence-corrected chi connectivity index (χ2v) is 28.7. The molecule has 0 saturated heterocycles. The number of anilines is 2. The summed E-state index contributed by atoms with van der Waals surface area (Å²) < 4.78 is 0. The molecule has 0 spiro atoms. The molecule has 0 fully saturated rings. The van der Waals surface area contributed by atoms with Crippen LogP contribution in [0.1, 0.15) is 203 Å². The molecule has 8 nitrogen and oxygen atoms in total. The van der Waals surface area contributed by atoms with Crippen LogP contribution in [0.5, 0.6) is 0 Å². The van der Waals surface area contributed by atoms with Gasteiger partial charge in [-0.2, -0.15) is 0 Å². The van der Waals surface area contributed by atoms with E-state index in [1.54, 1.807) is 0 Å². The van der Waals surface area contributed by atoms with Crippen molar-refractivity contribution in [1.29, 1.82) is 0 Å². The van der Waals surface area contributed by atoms with E-state index in [4.69, 9.17) is 4.98 Å². The first-order valence-corrected chi connectivity index (χ1v) is 32.8. The number of H-pyrrole nitrogens is 6. The summed E-state index contributed by atoms with van der Waals surface area (Å²) in [5.41, 5.74) is 28.6. The summed E-state index contributed by atoms with van der Waals surface area (Å²) in [5, 5.41) is 24.6. The minimum Gasteiger partial charge on any atom is -0.351 e. The van der Waals surface area contributed by atoms with Gasteiger partial charge in [0.25, 0.3) is 0 Å². The van der Waals surface area contributed by atoms with Gasteiger partial charge in [0, 0.05) is 54.6 Å². The molecule has 2 aliphatic heterocycles. The fourth-order valence-corrected chi connectivity index (χ4v) is 17.6. The molecule has 0 radical (unpaired) electrons. The highest BCUT2D eigenvalue weighted by molar-refractivity contribution is 6.35. The molecule has 0 amide bonds. The maximum atomic E-state index is 6.12. The molecule has 8 aromatic carbocycles. The molecular formula is C80H79N8+. The Morgan fingerprint density at radius 2 is 0.534 bits per heavy atom. The van der Waals surface area contributed by atoms with E-state index >= 15 is 0 Å². The van der Waals surface area contributed by atoms with E-state index in [9.17, 15) is 0 Å². The van der Waals surface area contributed by atoms with Crippen molar-refractivity contribution in [3.05, 3.63) is 142 Å². The zero-order valence-electron chi connectivity index (χ0n) is 53.8. The standard InChI is InChI=1S/C80H79N8/c1-33(2)49-57-41-25-17-18-26-42(41)58-51(35(5)6)67-68-53(37(9)10)61-45-29-21-22-30-46(45)63-55(39(13)14)71(87-78(63)77(61)85-68)72-56(40(15)16)64-48-32-24-23-31-47(48)62-54(38(11)12)70(86-79(62)80(64)88-72)69-52(36(7)8)60-44-28-20-19-27-43(44)59-50(34(3)4)66(82-75(59)76(60)84-69)65(49)81-73(57)74(58)83-67/h17-40,81-87H,1-16H3/q+1. The van der Waals surface area contributed by atoms with E-state index in [-0.39, 0.29) is 47.3 Å². The van der Waals surface area contributed by atoms with E-state index < -0.39 is 0 Å². The largest absolute Gasteiger partial charge is 0.351 e. The molecule has 8 heteroatoms. The van der Waals surface area contributed by atoms with Crippen molar-refractivity contribution in [2.24, 2.45) is 0 Å². The van der Waals surface area contributed by atoms with Crippen molar-refractivity contribution in [3.63, 3.8) is 0 Å². The molecule has 7 N–H and O–H groups in total. The van der Waals surface area contributed by atoms with Crippen LogP contribution in [0.2, 0.25) is 0 Å². The quantitative estimate of drug-likeness (QED) is 0.0767. The van der Waals surface area contributed by atoms with Gasteiger partial charge in [0.2, 0.25) is 0 Å². The van der Waals surface area contributed by atoms with Crippen molar-refractivity contribution in [2.45, 2.75) is 158 Å². The first-order chi connectivity index (χ1) is 42.4. The van der Waals surface area contributed by atoms with E-state index in [2.05, 4.69) is 243 Å². The molecule has 0 aliphatic carbocycles.